The lowest BCUT2D eigenvalue weighted by molar-refractivity contribution is 0.0332. The van der Waals surface area contributed by atoms with E-state index in [9.17, 15) is 0 Å². The molecule has 0 saturated carbocycles. The van der Waals surface area contributed by atoms with Crippen LogP contribution >= 0.6 is 0 Å². The number of nitrogens with two attached hydrogens (primary N) is 1. The summed E-state index contributed by atoms with van der Waals surface area (Å²) in [5, 5.41) is 0. The van der Waals surface area contributed by atoms with Gasteiger partial charge in [-0.05, 0) is 32.2 Å². The summed E-state index contributed by atoms with van der Waals surface area (Å²) in [6.07, 6.45) is 5.23. The molecule has 80 valence electrons. The third kappa shape index (κ3) is 8.26. The van der Waals surface area contributed by atoms with Crippen LogP contribution in [-0.2, 0) is 4.74 Å². The lowest BCUT2D eigenvalue weighted by atomic mass is 10.1. The van der Waals surface area contributed by atoms with Gasteiger partial charge in [-0.1, -0.05) is 26.7 Å². The van der Waals surface area contributed by atoms with Crippen LogP contribution in [0, 0.1) is 5.92 Å². The maximum Gasteiger partial charge on any atom is 0.0569 e. The van der Waals surface area contributed by atoms with Gasteiger partial charge >= 0.3 is 0 Å². The molecular weight excluding hydrogens is 162 g/mol. The van der Waals surface area contributed by atoms with E-state index in [0.717, 1.165) is 19.6 Å². The molecule has 0 fully saturated rings. The first kappa shape index (κ1) is 12.9. The molecule has 1 unspecified atom stereocenters. The van der Waals surface area contributed by atoms with Gasteiger partial charge in [0.25, 0.3) is 0 Å². The minimum absolute atomic E-state index is 0.398. The van der Waals surface area contributed by atoms with Crippen molar-refractivity contribution in [1.82, 2.24) is 0 Å². The zero-order chi connectivity index (χ0) is 10.1. The Balaban J connectivity index is 3.07. The third-order valence-corrected chi connectivity index (χ3v) is 2.42. The van der Waals surface area contributed by atoms with Gasteiger partial charge in [-0.3, -0.25) is 0 Å². The molecule has 0 saturated heterocycles. The molecule has 0 bridgehead atoms. The smallest absolute Gasteiger partial charge is 0.0569 e. The van der Waals surface area contributed by atoms with Crippen LogP contribution in [0.4, 0.5) is 0 Å². The van der Waals surface area contributed by atoms with Crippen LogP contribution in [0.3, 0.4) is 0 Å². The van der Waals surface area contributed by atoms with E-state index in [-0.39, 0.29) is 0 Å². The van der Waals surface area contributed by atoms with Gasteiger partial charge < -0.3 is 10.5 Å². The van der Waals surface area contributed by atoms with Crippen LogP contribution in [0.25, 0.3) is 0 Å². The average Bonchev–Trinajstić information content (AvgIpc) is 2.10. The molecule has 13 heavy (non-hydrogen) atoms. The fourth-order valence-corrected chi connectivity index (χ4v) is 1.06. The first-order valence-corrected chi connectivity index (χ1v) is 5.50. The molecular formula is C11H25NO. The minimum Gasteiger partial charge on any atom is -0.378 e. The highest BCUT2D eigenvalue weighted by molar-refractivity contribution is 4.54. The van der Waals surface area contributed by atoms with E-state index >= 15 is 0 Å². The Morgan fingerprint density at radius 2 is 1.62 bits per heavy atom. The zero-order valence-corrected chi connectivity index (χ0v) is 9.38. The lowest BCUT2D eigenvalue weighted by Gasteiger charge is -2.16. The van der Waals surface area contributed by atoms with Gasteiger partial charge in [-0.2, -0.15) is 0 Å². The second-order valence-electron chi connectivity index (χ2n) is 4.02. The zero-order valence-electron chi connectivity index (χ0n) is 9.38. The van der Waals surface area contributed by atoms with E-state index in [0.29, 0.717) is 12.0 Å². The third-order valence-electron chi connectivity index (χ3n) is 2.42. The second-order valence-corrected chi connectivity index (χ2v) is 4.02. The SMILES string of the molecule is CC(C)C(C)OCCCCCCN. The summed E-state index contributed by atoms with van der Waals surface area (Å²) in [6, 6.07) is 0. The Hall–Kier alpha value is -0.0800. The summed E-state index contributed by atoms with van der Waals surface area (Å²) in [5.74, 6) is 0.629. The van der Waals surface area contributed by atoms with Gasteiger partial charge in [0.2, 0.25) is 0 Å². The molecule has 0 aromatic rings. The van der Waals surface area contributed by atoms with Crippen molar-refractivity contribution in [2.75, 3.05) is 13.2 Å². The normalized spacial score (nSPS) is 13.6. The van der Waals surface area contributed by atoms with Crippen molar-refractivity contribution in [3.63, 3.8) is 0 Å². The Morgan fingerprint density at radius 1 is 1.00 bits per heavy atom. The maximum absolute atomic E-state index is 5.65. The molecule has 0 aliphatic heterocycles. The van der Waals surface area contributed by atoms with Crippen molar-refractivity contribution < 1.29 is 4.74 Å². The Bertz CT molecular complexity index is 104. The predicted molar refractivity (Wildman–Crippen MR) is 57.8 cm³/mol. The molecule has 0 heterocycles. The summed E-state index contributed by atoms with van der Waals surface area (Å²) in [4.78, 5) is 0. The highest BCUT2D eigenvalue weighted by atomic mass is 16.5. The molecule has 0 amide bonds. The van der Waals surface area contributed by atoms with Crippen LogP contribution in [0.5, 0.6) is 0 Å². The van der Waals surface area contributed by atoms with E-state index in [4.69, 9.17) is 10.5 Å². The van der Waals surface area contributed by atoms with Crippen LogP contribution < -0.4 is 5.73 Å². The van der Waals surface area contributed by atoms with Crippen LogP contribution in [0.1, 0.15) is 46.5 Å². The maximum atomic E-state index is 5.65. The molecule has 0 aliphatic rings. The average molecular weight is 187 g/mol. The molecule has 0 rings (SSSR count). The molecule has 0 aromatic carbocycles. The molecule has 0 aromatic heterocycles. The van der Waals surface area contributed by atoms with Crippen molar-refractivity contribution in [2.24, 2.45) is 11.7 Å². The van der Waals surface area contributed by atoms with E-state index in [1.165, 1.54) is 19.3 Å². The van der Waals surface area contributed by atoms with Crippen LogP contribution in [0.15, 0.2) is 0 Å². The number of unbranched alkanes of at least 4 members (excludes halogenated alkanes) is 3. The molecule has 0 spiro atoms. The fraction of sp³-hybridized carbons (Fsp3) is 1.00. The van der Waals surface area contributed by atoms with Gasteiger partial charge in [0.15, 0.2) is 0 Å². The van der Waals surface area contributed by atoms with Crippen molar-refractivity contribution in [3.05, 3.63) is 0 Å². The summed E-state index contributed by atoms with van der Waals surface area (Å²) >= 11 is 0. The van der Waals surface area contributed by atoms with E-state index in [1.807, 2.05) is 0 Å². The van der Waals surface area contributed by atoms with Crippen molar-refractivity contribution >= 4 is 0 Å². The van der Waals surface area contributed by atoms with Crippen LogP contribution in [0.2, 0.25) is 0 Å². The number of ether oxygens (including phenoxy) is 1. The summed E-state index contributed by atoms with van der Waals surface area (Å²) in [6.45, 7) is 8.26. The van der Waals surface area contributed by atoms with E-state index in [2.05, 4.69) is 20.8 Å². The Morgan fingerprint density at radius 3 is 2.15 bits per heavy atom. The predicted octanol–water partition coefficient (Wildman–Crippen LogP) is 2.57. The Labute approximate surface area is 82.8 Å². The molecule has 0 aliphatic carbocycles. The summed E-state index contributed by atoms with van der Waals surface area (Å²) < 4.78 is 5.65. The summed E-state index contributed by atoms with van der Waals surface area (Å²) in [5.41, 5.74) is 5.40. The highest BCUT2D eigenvalue weighted by Crippen LogP contribution is 2.07. The fourth-order valence-electron chi connectivity index (χ4n) is 1.06. The number of hydrogen-bond donors (Lipinski definition) is 1. The second kappa shape index (κ2) is 8.52. The van der Waals surface area contributed by atoms with E-state index in [1.54, 1.807) is 0 Å². The quantitative estimate of drug-likeness (QED) is 0.593. The largest absolute Gasteiger partial charge is 0.378 e. The van der Waals surface area contributed by atoms with Gasteiger partial charge in [-0.15, -0.1) is 0 Å². The minimum atomic E-state index is 0.398. The summed E-state index contributed by atoms with van der Waals surface area (Å²) in [7, 11) is 0. The van der Waals surface area contributed by atoms with Gasteiger partial charge in [-0.25, -0.2) is 0 Å². The van der Waals surface area contributed by atoms with Crippen molar-refractivity contribution in [1.29, 1.82) is 0 Å². The monoisotopic (exact) mass is 187 g/mol. The topological polar surface area (TPSA) is 35.2 Å². The lowest BCUT2D eigenvalue weighted by Crippen LogP contribution is -2.15. The Kier molecular flexibility index (Phi) is 8.46. The first-order chi connectivity index (χ1) is 6.18. The van der Waals surface area contributed by atoms with Gasteiger partial charge in [0, 0.05) is 6.61 Å². The molecule has 2 heteroatoms. The first-order valence-electron chi connectivity index (χ1n) is 5.50. The standard InChI is InChI=1S/C11H25NO/c1-10(2)11(3)13-9-7-5-4-6-8-12/h10-11H,4-9,12H2,1-3H3. The molecule has 1 atom stereocenters. The van der Waals surface area contributed by atoms with Crippen LogP contribution in [-0.4, -0.2) is 19.3 Å². The number of hydrogen-bond acceptors (Lipinski definition) is 2. The van der Waals surface area contributed by atoms with Crippen molar-refractivity contribution in [2.45, 2.75) is 52.6 Å². The van der Waals surface area contributed by atoms with E-state index < -0.39 is 0 Å². The van der Waals surface area contributed by atoms with Crippen molar-refractivity contribution in [3.8, 4) is 0 Å². The van der Waals surface area contributed by atoms with Gasteiger partial charge in [0.05, 0.1) is 6.10 Å². The highest BCUT2D eigenvalue weighted by Gasteiger charge is 2.05. The van der Waals surface area contributed by atoms with Gasteiger partial charge in [0.1, 0.15) is 0 Å². The molecule has 0 radical (unpaired) electrons. The number of rotatable bonds is 8. The molecule has 2 N–H and O–H groups in total. The molecule has 2 nitrogen and oxygen atoms in total.